The molecule has 1 saturated heterocycles. The third-order valence-corrected chi connectivity index (χ3v) is 2.80. The first kappa shape index (κ1) is 12.0. The summed E-state index contributed by atoms with van der Waals surface area (Å²) in [5.41, 5.74) is 0. The molecule has 1 aliphatic rings. The molecule has 1 heterocycles. The molecule has 1 N–H and O–H groups in total. The van der Waals surface area contributed by atoms with Crippen LogP contribution in [-0.2, 0) is 4.74 Å². The first-order chi connectivity index (χ1) is 6.74. The van der Waals surface area contributed by atoms with Gasteiger partial charge in [0.1, 0.15) is 0 Å². The third-order valence-electron chi connectivity index (χ3n) is 2.80. The highest BCUT2D eigenvalue weighted by atomic mass is 16.5. The lowest BCUT2D eigenvalue weighted by atomic mass is 9.97. The standard InChI is InChI=1S/C12H25NO/c1-4-7-13-11(9-10(2)3)12-6-5-8-14-12/h10-13H,4-9H2,1-3H3. The lowest BCUT2D eigenvalue weighted by molar-refractivity contribution is 0.0715. The van der Waals surface area contributed by atoms with Crippen molar-refractivity contribution in [1.82, 2.24) is 5.32 Å². The van der Waals surface area contributed by atoms with Crippen LogP contribution >= 0.6 is 0 Å². The Morgan fingerprint density at radius 3 is 2.71 bits per heavy atom. The molecular weight excluding hydrogens is 174 g/mol. The van der Waals surface area contributed by atoms with Crippen LogP contribution < -0.4 is 5.32 Å². The maximum absolute atomic E-state index is 5.75. The van der Waals surface area contributed by atoms with Crippen molar-refractivity contribution in [2.45, 2.75) is 58.6 Å². The van der Waals surface area contributed by atoms with E-state index in [1.54, 1.807) is 0 Å². The molecule has 0 aromatic rings. The summed E-state index contributed by atoms with van der Waals surface area (Å²) in [6.45, 7) is 8.88. The fraction of sp³-hybridized carbons (Fsp3) is 1.00. The predicted molar refractivity (Wildman–Crippen MR) is 60.5 cm³/mol. The van der Waals surface area contributed by atoms with Gasteiger partial charge in [-0.15, -0.1) is 0 Å². The van der Waals surface area contributed by atoms with Crippen LogP contribution in [0, 0.1) is 5.92 Å². The molecular formula is C12H25NO. The second-order valence-electron chi connectivity index (χ2n) is 4.74. The highest BCUT2D eigenvalue weighted by Gasteiger charge is 2.25. The zero-order valence-corrected chi connectivity index (χ0v) is 9.88. The first-order valence-corrected chi connectivity index (χ1v) is 6.09. The summed E-state index contributed by atoms with van der Waals surface area (Å²) in [5, 5.41) is 3.62. The highest BCUT2D eigenvalue weighted by Crippen LogP contribution is 2.20. The largest absolute Gasteiger partial charge is 0.377 e. The molecule has 0 bridgehead atoms. The van der Waals surface area contributed by atoms with E-state index in [2.05, 4.69) is 26.1 Å². The van der Waals surface area contributed by atoms with Crippen LogP contribution in [0.25, 0.3) is 0 Å². The summed E-state index contributed by atoms with van der Waals surface area (Å²) in [6, 6.07) is 0.581. The van der Waals surface area contributed by atoms with Gasteiger partial charge < -0.3 is 10.1 Å². The smallest absolute Gasteiger partial charge is 0.0728 e. The molecule has 0 spiro atoms. The predicted octanol–water partition coefficient (Wildman–Crippen LogP) is 2.58. The zero-order valence-electron chi connectivity index (χ0n) is 9.88. The van der Waals surface area contributed by atoms with Gasteiger partial charge in [0.15, 0.2) is 0 Å². The Morgan fingerprint density at radius 2 is 2.21 bits per heavy atom. The molecule has 1 rings (SSSR count). The van der Waals surface area contributed by atoms with E-state index in [9.17, 15) is 0 Å². The Bertz CT molecular complexity index is 141. The fourth-order valence-corrected chi connectivity index (χ4v) is 2.12. The van der Waals surface area contributed by atoms with E-state index >= 15 is 0 Å². The van der Waals surface area contributed by atoms with Crippen molar-refractivity contribution in [2.75, 3.05) is 13.2 Å². The van der Waals surface area contributed by atoms with Crippen LogP contribution in [0.15, 0.2) is 0 Å². The Kier molecular flexibility index (Phi) is 5.49. The number of ether oxygens (including phenoxy) is 1. The lowest BCUT2D eigenvalue weighted by Crippen LogP contribution is -2.40. The van der Waals surface area contributed by atoms with Crippen molar-refractivity contribution in [3.63, 3.8) is 0 Å². The average molecular weight is 199 g/mol. The van der Waals surface area contributed by atoms with E-state index in [0.717, 1.165) is 19.1 Å². The van der Waals surface area contributed by atoms with Gasteiger partial charge in [-0.05, 0) is 38.1 Å². The molecule has 2 heteroatoms. The molecule has 84 valence electrons. The minimum atomic E-state index is 0.476. The molecule has 0 radical (unpaired) electrons. The maximum atomic E-state index is 5.75. The van der Waals surface area contributed by atoms with Gasteiger partial charge in [0.2, 0.25) is 0 Å². The molecule has 2 atom stereocenters. The molecule has 1 aliphatic heterocycles. The highest BCUT2D eigenvalue weighted by molar-refractivity contribution is 4.81. The molecule has 0 aromatic carbocycles. The van der Waals surface area contributed by atoms with Crippen LogP contribution in [-0.4, -0.2) is 25.3 Å². The van der Waals surface area contributed by atoms with Crippen molar-refractivity contribution in [1.29, 1.82) is 0 Å². The van der Waals surface area contributed by atoms with Crippen LogP contribution in [0.1, 0.15) is 46.5 Å². The molecule has 2 unspecified atom stereocenters. The molecule has 0 aromatic heterocycles. The Hall–Kier alpha value is -0.0800. The van der Waals surface area contributed by atoms with Gasteiger partial charge in [-0.25, -0.2) is 0 Å². The Morgan fingerprint density at radius 1 is 1.43 bits per heavy atom. The summed E-state index contributed by atoms with van der Waals surface area (Å²) in [5.74, 6) is 0.758. The van der Waals surface area contributed by atoms with Crippen LogP contribution in [0.2, 0.25) is 0 Å². The van der Waals surface area contributed by atoms with E-state index in [4.69, 9.17) is 4.74 Å². The zero-order chi connectivity index (χ0) is 10.4. The minimum absolute atomic E-state index is 0.476. The van der Waals surface area contributed by atoms with Gasteiger partial charge >= 0.3 is 0 Å². The summed E-state index contributed by atoms with van der Waals surface area (Å²) in [7, 11) is 0. The number of hydrogen-bond donors (Lipinski definition) is 1. The van der Waals surface area contributed by atoms with Gasteiger partial charge in [0.25, 0.3) is 0 Å². The minimum Gasteiger partial charge on any atom is -0.377 e. The summed E-state index contributed by atoms with van der Waals surface area (Å²) < 4.78 is 5.75. The SMILES string of the molecule is CCCNC(CC(C)C)C1CCCO1. The Balaban J connectivity index is 2.34. The molecule has 0 aliphatic carbocycles. The lowest BCUT2D eigenvalue weighted by Gasteiger charge is -2.25. The van der Waals surface area contributed by atoms with Crippen molar-refractivity contribution in [3.8, 4) is 0 Å². The second kappa shape index (κ2) is 6.41. The van der Waals surface area contributed by atoms with Crippen molar-refractivity contribution in [3.05, 3.63) is 0 Å². The Labute approximate surface area is 88.4 Å². The number of rotatable bonds is 6. The van der Waals surface area contributed by atoms with Gasteiger partial charge in [-0.1, -0.05) is 20.8 Å². The molecule has 2 nitrogen and oxygen atoms in total. The monoisotopic (exact) mass is 199 g/mol. The summed E-state index contributed by atoms with van der Waals surface area (Å²) >= 11 is 0. The van der Waals surface area contributed by atoms with Crippen LogP contribution in [0.3, 0.4) is 0 Å². The normalized spacial score (nSPS) is 24.4. The van der Waals surface area contributed by atoms with E-state index in [0.29, 0.717) is 12.1 Å². The van der Waals surface area contributed by atoms with Crippen LogP contribution in [0.5, 0.6) is 0 Å². The molecule has 0 saturated carbocycles. The quantitative estimate of drug-likeness (QED) is 0.710. The average Bonchev–Trinajstić information content (AvgIpc) is 2.64. The van der Waals surface area contributed by atoms with Crippen molar-refractivity contribution >= 4 is 0 Å². The van der Waals surface area contributed by atoms with E-state index in [1.807, 2.05) is 0 Å². The molecule has 1 fully saturated rings. The van der Waals surface area contributed by atoms with E-state index in [-0.39, 0.29) is 0 Å². The van der Waals surface area contributed by atoms with E-state index in [1.165, 1.54) is 25.7 Å². The number of nitrogens with one attached hydrogen (secondary N) is 1. The van der Waals surface area contributed by atoms with Gasteiger partial charge in [0.05, 0.1) is 6.10 Å². The summed E-state index contributed by atoms with van der Waals surface area (Å²) in [6.07, 6.45) is 5.41. The van der Waals surface area contributed by atoms with Gasteiger partial charge in [0, 0.05) is 12.6 Å². The topological polar surface area (TPSA) is 21.3 Å². The third kappa shape index (κ3) is 3.97. The maximum Gasteiger partial charge on any atom is 0.0728 e. The van der Waals surface area contributed by atoms with E-state index < -0.39 is 0 Å². The molecule has 14 heavy (non-hydrogen) atoms. The van der Waals surface area contributed by atoms with Crippen molar-refractivity contribution < 1.29 is 4.74 Å². The fourth-order valence-electron chi connectivity index (χ4n) is 2.12. The van der Waals surface area contributed by atoms with Gasteiger partial charge in [-0.2, -0.15) is 0 Å². The molecule has 0 amide bonds. The summed E-state index contributed by atoms with van der Waals surface area (Å²) in [4.78, 5) is 0. The number of hydrogen-bond acceptors (Lipinski definition) is 2. The van der Waals surface area contributed by atoms with Crippen LogP contribution in [0.4, 0.5) is 0 Å². The second-order valence-corrected chi connectivity index (χ2v) is 4.74. The van der Waals surface area contributed by atoms with Crippen molar-refractivity contribution in [2.24, 2.45) is 5.92 Å². The van der Waals surface area contributed by atoms with Gasteiger partial charge in [-0.3, -0.25) is 0 Å². The first-order valence-electron chi connectivity index (χ1n) is 6.09.